The molecule has 4 aromatic heterocycles. The van der Waals surface area contributed by atoms with E-state index in [0.29, 0.717) is 17.3 Å². The molecular formula is C28H32N8O2S. The van der Waals surface area contributed by atoms with Crippen LogP contribution in [0.15, 0.2) is 53.2 Å². The third-order valence-electron chi connectivity index (χ3n) is 7.27. The maximum absolute atomic E-state index is 12.4. The van der Waals surface area contributed by atoms with E-state index in [0.717, 1.165) is 38.9 Å². The largest absolute Gasteiger partial charge is 0.368 e. The average Bonchev–Trinajstić information content (AvgIpc) is 3.18. The molecule has 0 aliphatic heterocycles. The lowest BCUT2D eigenvalue weighted by atomic mass is 9.93. The van der Waals surface area contributed by atoms with Crippen molar-refractivity contribution in [2.24, 2.45) is 0 Å². The number of nitrogens with one attached hydrogen (secondary N) is 3. The fourth-order valence-electron chi connectivity index (χ4n) is 4.50. The first-order valence-corrected chi connectivity index (χ1v) is 13.8. The van der Waals surface area contributed by atoms with E-state index >= 15 is 0 Å². The highest BCUT2D eigenvalue weighted by Crippen LogP contribution is 2.40. The fraction of sp³-hybridized carbons (Fsp3) is 0.357. The SMILES string of the molecule is CN(C)C1(CNc2ccc3c(n2)sc2nc(-c4ccc(NC(=O)Nc5cc(C(C)(C)C)on5)cc4)cn23)CC1. The van der Waals surface area contributed by atoms with E-state index in [9.17, 15) is 4.79 Å². The number of nitrogens with zero attached hydrogens (tertiary/aromatic N) is 5. The van der Waals surface area contributed by atoms with Gasteiger partial charge < -0.3 is 20.1 Å². The van der Waals surface area contributed by atoms with Crippen LogP contribution >= 0.6 is 11.3 Å². The summed E-state index contributed by atoms with van der Waals surface area (Å²) in [4.78, 5) is 26.2. The minimum Gasteiger partial charge on any atom is -0.368 e. The standard InChI is InChI=1S/C28H32N8O2S/c1-27(2,3)21-14-23(34-38-21)33-25(37)30-18-8-6-17(7-9-18)19-15-36-20-10-11-22(32-24(20)39-26(36)31-19)29-16-28(12-13-28)35(4)5/h6-11,14-15H,12-13,16H2,1-5H3,(H,29,32)(H2,30,33,34,37). The van der Waals surface area contributed by atoms with E-state index in [2.05, 4.69) is 50.6 Å². The van der Waals surface area contributed by atoms with Crippen LogP contribution in [0.5, 0.6) is 0 Å². The monoisotopic (exact) mass is 544 g/mol. The van der Waals surface area contributed by atoms with Crippen LogP contribution < -0.4 is 16.0 Å². The summed E-state index contributed by atoms with van der Waals surface area (Å²) in [5, 5.41) is 13.0. The van der Waals surface area contributed by atoms with Gasteiger partial charge >= 0.3 is 6.03 Å². The van der Waals surface area contributed by atoms with Crippen LogP contribution in [0.3, 0.4) is 0 Å². The molecule has 10 nitrogen and oxygen atoms in total. The van der Waals surface area contributed by atoms with E-state index in [-0.39, 0.29) is 17.0 Å². The molecule has 0 atom stereocenters. The second-order valence-corrected chi connectivity index (χ2v) is 12.3. The Kier molecular flexibility index (Phi) is 6.07. The van der Waals surface area contributed by atoms with Crippen LogP contribution in [-0.4, -0.2) is 56.6 Å². The molecule has 0 bridgehead atoms. The van der Waals surface area contributed by atoms with Gasteiger partial charge in [-0.2, -0.15) is 0 Å². The minimum absolute atomic E-state index is 0.185. The fourth-order valence-corrected chi connectivity index (χ4v) is 5.48. The first-order chi connectivity index (χ1) is 18.6. The summed E-state index contributed by atoms with van der Waals surface area (Å²) < 4.78 is 7.40. The van der Waals surface area contributed by atoms with Crippen molar-refractivity contribution < 1.29 is 9.32 Å². The molecule has 0 unspecified atom stereocenters. The number of thiazole rings is 1. The average molecular weight is 545 g/mol. The number of hydrogen-bond donors (Lipinski definition) is 3. The second kappa shape index (κ2) is 9.35. The summed E-state index contributed by atoms with van der Waals surface area (Å²) >= 11 is 1.57. The molecule has 0 radical (unpaired) electrons. The van der Waals surface area contributed by atoms with Crippen LogP contribution in [0.1, 0.15) is 39.4 Å². The lowest BCUT2D eigenvalue weighted by molar-refractivity contribution is 0.262. The number of aromatic nitrogens is 4. The summed E-state index contributed by atoms with van der Waals surface area (Å²) in [6.45, 7) is 6.96. The molecule has 39 heavy (non-hydrogen) atoms. The summed E-state index contributed by atoms with van der Waals surface area (Å²) in [7, 11) is 4.28. The molecule has 11 heteroatoms. The van der Waals surface area contributed by atoms with E-state index in [1.54, 1.807) is 17.4 Å². The number of hydrogen-bond acceptors (Lipinski definition) is 8. The van der Waals surface area contributed by atoms with Crippen LogP contribution in [0.2, 0.25) is 0 Å². The van der Waals surface area contributed by atoms with Crippen molar-refractivity contribution in [1.82, 2.24) is 24.4 Å². The normalized spacial score (nSPS) is 14.7. The van der Waals surface area contributed by atoms with E-state index in [1.807, 2.05) is 57.3 Å². The first-order valence-electron chi connectivity index (χ1n) is 13.0. The highest BCUT2D eigenvalue weighted by Gasteiger charge is 2.44. The quantitative estimate of drug-likeness (QED) is 0.229. The third kappa shape index (κ3) is 5.07. The van der Waals surface area contributed by atoms with Gasteiger partial charge in [0.2, 0.25) is 0 Å². The zero-order valence-corrected chi connectivity index (χ0v) is 23.5. The lowest BCUT2D eigenvalue weighted by Gasteiger charge is -2.24. The number of carbonyl (C=O) groups is 1. The number of imidazole rings is 1. The van der Waals surface area contributed by atoms with Gasteiger partial charge in [-0.15, -0.1) is 0 Å². The van der Waals surface area contributed by atoms with Crippen molar-refractivity contribution in [2.45, 2.75) is 44.6 Å². The highest BCUT2D eigenvalue weighted by atomic mass is 32.1. The number of rotatable bonds is 7. The van der Waals surface area contributed by atoms with Gasteiger partial charge in [-0.3, -0.25) is 9.72 Å². The molecule has 1 aliphatic rings. The van der Waals surface area contributed by atoms with Gasteiger partial charge in [-0.25, -0.2) is 14.8 Å². The molecule has 2 amide bonds. The molecule has 1 aliphatic carbocycles. The van der Waals surface area contributed by atoms with Gasteiger partial charge in [0.1, 0.15) is 16.4 Å². The van der Waals surface area contributed by atoms with Crippen LogP contribution in [0.4, 0.5) is 22.1 Å². The predicted molar refractivity (Wildman–Crippen MR) is 156 cm³/mol. The Labute approximate surface area is 230 Å². The lowest BCUT2D eigenvalue weighted by Crippen LogP contribution is -2.36. The number of carbonyl (C=O) groups excluding carboxylic acids is 1. The van der Waals surface area contributed by atoms with Crippen molar-refractivity contribution in [3.8, 4) is 11.3 Å². The summed E-state index contributed by atoms with van der Waals surface area (Å²) in [6.07, 6.45) is 4.47. The molecule has 1 fully saturated rings. The van der Waals surface area contributed by atoms with Gasteiger partial charge in [0.05, 0.1) is 11.2 Å². The number of urea groups is 1. The molecule has 0 saturated heterocycles. The maximum atomic E-state index is 12.4. The summed E-state index contributed by atoms with van der Waals surface area (Å²) in [5.74, 6) is 1.97. The van der Waals surface area contributed by atoms with Crippen LogP contribution in [-0.2, 0) is 5.41 Å². The van der Waals surface area contributed by atoms with Crippen LogP contribution in [0.25, 0.3) is 26.6 Å². The number of anilines is 3. The van der Waals surface area contributed by atoms with Crippen molar-refractivity contribution in [2.75, 3.05) is 36.6 Å². The van der Waals surface area contributed by atoms with E-state index < -0.39 is 0 Å². The molecular weight excluding hydrogens is 512 g/mol. The summed E-state index contributed by atoms with van der Waals surface area (Å²) in [5.41, 5.74) is 3.59. The number of amides is 2. The molecule has 3 N–H and O–H groups in total. The second-order valence-electron chi connectivity index (χ2n) is 11.4. The molecule has 0 spiro atoms. The molecule has 1 aromatic carbocycles. The van der Waals surface area contributed by atoms with Gasteiger partial charge in [0.15, 0.2) is 10.8 Å². The van der Waals surface area contributed by atoms with E-state index in [4.69, 9.17) is 14.5 Å². The predicted octanol–water partition coefficient (Wildman–Crippen LogP) is 6.05. The molecule has 202 valence electrons. The minimum atomic E-state index is -0.388. The van der Waals surface area contributed by atoms with Crippen molar-refractivity contribution in [3.63, 3.8) is 0 Å². The van der Waals surface area contributed by atoms with E-state index in [1.165, 1.54) is 12.8 Å². The zero-order valence-electron chi connectivity index (χ0n) is 22.7. The molecule has 1 saturated carbocycles. The third-order valence-corrected chi connectivity index (χ3v) is 8.23. The van der Waals surface area contributed by atoms with Gasteiger partial charge in [0.25, 0.3) is 0 Å². The number of pyridine rings is 1. The molecule has 6 rings (SSSR count). The van der Waals surface area contributed by atoms with Crippen LogP contribution in [0, 0.1) is 0 Å². The Hall–Kier alpha value is -3.96. The zero-order chi connectivity index (χ0) is 27.4. The number of benzene rings is 1. The van der Waals surface area contributed by atoms with Crippen molar-refractivity contribution in [1.29, 1.82) is 0 Å². The first kappa shape index (κ1) is 25.3. The Morgan fingerprint density at radius 3 is 2.51 bits per heavy atom. The smallest absolute Gasteiger partial charge is 0.324 e. The van der Waals surface area contributed by atoms with Gasteiger partial charge in [-0.1, -0.05) is 49.4 Å². The maximum Gasteiger partial charge on any atom is 0.324 e. The Morgan fingerprint density at radius 2 is 1.85 bits per heavy atom. The van der Waals surface area contributed by atoms with Crippen molar-refractivity contribution >= 4 is 50.0 Å². The highest BCUT2D eigenvalue weighted by molar-refractivity contribution is 7.23. The number of likely N-dealkylation sites (N-methyl/N-ethyl adjacent to an activating group) is 1. The van der Waals surface area contributed by atoms with Crippen molar-refractivity contribution in [3.05, 3.63) is 54.4 Å². The molecule has 4 heterocycles. The number of fused-ring (bicyclic) bond motifs is 3. The molecule has 5 aromatic rings. The summed E-state index contributed by atoms with van der Waals surface area (Å²) in [6, 6.07) is 13.1. The Balaban J connectivity index is 1.12. The Bertz CT molecular complexity index is 1650. The topological polar surface area (TPSA) is 113 Å². The van der Waals surface area contributed by atoms with Gasteiger partial charge in [0, 0.05) is 41.0 Å². The van der Waals surface area contributed by atoms with Gasteiger partial charge in [-0.05, 0) is 51.2 Å². The Morgan fingerprint density at radius 1 is 1.08 bits per heavy atom.